The van der Waals surface area contributed by atoms with Gasteiger partial charge in [0.15, 0.2) is 12.4 Å². The Morgan fingerprint density at radius 3 is 2.92 bits per heavy atom. The van der Waals surface area contributed by atoms with Crippen LogP contribution < -0.4 is 4.74 Å². The summed E-state index contributed by atoms with van der Waals surface area (Å²) in [4.78, 5) is 16.5. The van der Waals surface area contributed by atoms with E-state index in [0.29, 0.717) is 17.3 Å². The van der Waals surface area contributed by atoms with Crippen molar-refractivity contribution >= 4 is 17.6 Å². The summed E-state index contributed by atoms with van der Waals surface area (Å²) in [6.45, 7) is 6.19. The number of benzene rings is 1. The van der Waals surface area contributed by atoms with Gasteiger partial charge in [0.1, 0.15) is 12.4 Å². The molecule has 128 valence electrons. The van der Waals surface area contributed by atoms with E-state index in [9.17, 15) is 4.79 Å². The molecule has 0 bridgehead atoms. The molecule has 1 aliphatic heterocycles. The first-order valence-corrected chi connectivity index (χ1v) is 8.11. The molecule has 1 aromatic carbocycles. The third-order valence-electron chi connectivity index (χ3n) is 3.74. The van der Waals surface area contributed by atoms with Gasteiger partial charge in [-0.25, -0.2) is 0 Å². The Bertz CT molecular complexity index is 751. The summed E-state index contributed by atoms with van der Waals surface area (Å²) in [5.41, 5.74) is 0.690. The van der Waals surface area contributed by atoms with E-state index < -0.39 is 0 Å². The first kappa shape index (κ1) is 16.8. The van der Waals surface area contributed by atoms with Crippen molar-refractivity contribution in [3.63, 3.8) is 0 Å². The van der Waals surface area contributed by atoms with E-state index >= 15 is 0 Å². The average Bonchev–Trinajstić information content (AvgIpc) is 3.01. The number of aromatic nitrogens is 2. The number of carbonyl (C=O) groups excluding carboxylic acids is 1. The average molecular weight is 351 g/mol. The van der Waals surface area contributed by atoms with Crippen LogP contribution in [0.15, 0.2) is 22.7 Å². The number of fused-ring (bicyclic) bond motifs is 1. The zero-order valence-electron chi connectivity index (χ0n) is 13.8. The highest BCUT2D eigenvalue weighted by atomic mass is 35.5. The minimum Gasteiger partial charge on any atom is -0.492 e. The summed E-state index contributed by atoms with van der Waals surface area (Å²) in [6.07, 6.45) is 0.534. The number of halogens is 1. The number of esters is 1. The van der Waals surface area contributed by atoms with E-state index in [2.05, 4.69) is 10.1 Å². The van der Waals surface area contributed by atoms with Crippen molar-refractivity contribution in [1.29, 1.82) is 0 Å². The molecule has 0 radical (unpaired) electrons. The van der Waals surface area contributed by atoms with Crippen LogP contribution in [0.2, 0.25) is 5.02 Å². The summed E-state index contributed by atoms with van der Waals surface area (Å²) in [5.74, 6) is 0.902. The molecule has 24 heavy (non-hydrogen) atoms. The van der Waals surface area contributed by atoms with Gasteiger partial charge in [0.25, 0.3) is 5.89 Å². The molecule has 0 fully saturated rings. The van der Waals surface area contributed by atoms with Crippen LogP contribution in [0.1, 0.15) is 38.0 Å². The van der Waals surface area contributed by atoms with Crippen molar-refractivity contribution in [3.8, 4) is 5.75 Å². The Hall–Kier alpha value is -2.08. The van der Waals surface area contributed by atoms with Crippen LogP contribution in [-0.4, -0.2) is 22.7 Å². The van der Waals surface area contributed by atoms with Crippen LogP contribution in [0, 0.1) is 5.92 Å². The van der Waals surface area contributed by atoms with Gasteiger partial charge in [-0.05, 0) is 30.2 Å². The molecule has 6 nitrogen and oxygen atoms in total. The number of hydrogen-bond donors (Lipinski definition) is 0. The minimum absolute atomic E-state index is 0.0409. The van der Waals surface area contributed by atoms with E-state index in [1.165, 1.54) is 0 Å². The van der Waals surface area contributed by atoms with Crippen molar-refractivity contribution in [2.45, 2.75) is 39.2 Å². The molecule has 7 heteroatoms. The van der Waals surface area contributed by atoms with E-state index in [-0.39, 0.29) is 36.4 Å². The van der Waals surface area contributed by atoms with Gasteiger partial charge in [0.2, 0.25) is 0 Å². The maximum Gasteiger partial charge on any atom is 0.313 e. The third kappa shape index (κ3) is 3.70. The van der Waals surface area contributed by atoms with Gasteiger partial charge in [0.05, 0.1) is 5.92 Å². The first-order chi connectivity index (χ1) is 11.3. The Balaban J connectivity index is 1.59. The van der Waals surface area contributed by atoms with Crippen LogP contribution in [-0.2, 0) is 28.0 Å². The number of ether oxygens (including phenoxy) is 2. The lowest BCUT2D eigenvalue weighted by Gasteiger charge is -2.23. The normalized spacial score (nSPS) is 17.1. The van der Waals surface area contributed by atoms with Crippen LogP contribution in [0.4, 0.5) is 0 Å². The molecule has 2 aromatic rings. The summed E-state index contributed by atoms with van der Waals surface area (Å²) >= 11 is 5.98. The molecule has 0 N–H and O–H groups in total. The highest BCUT2D eigenvalue weighted by Gasteiger charge is 2.28. The molecule has 1 unspecified atom stereocenters. The van der Waals surface area contributed by atoms with Crippen molar-refractivity contribution in [2.75, 3.05) is 6.61 Å². The minimum atomic E-state index is -0.374. The van der Waals surface area contributed by atoms with Gasteiger partial charge < -0.3 is 14.0 Å². The van der Waals surface area contributed by atoms with E-state index in [1.54, 1.807) is 6.07 Å². The van der Waals surface area contributed by atoms with Crippen molar-refractivity contribution < 1.29 is 18.8 Å². The van der Waals surface area contributed by atoms with Gasteiger partial charge in [-0.1, -0.05) is 37.5 Å². The van der Waals surface area contributed by atoms with Crippen molar-refractivity contribution in [3.05, 3.63) is 40.5 Å². The molecule has 0 spiro atoms. The van der Waals surface area contributed by atoms with Crippen LogP contribution >= 0.6 is 11.6 Å². The smallest absolute Gasteiger partial charge is 0.313 e. The predicted octanol–water partition coefficient (Wildman–Crippen LogP) is 3.32. The second kappa shape index (κ2) is 6.43. The Labute approximate surface area is 145 Å². The molecule has 0 saturated carbocycles. The summed E-state index contributed by atoms with van der Waals surface area (Å²) in [5, 5.41) is 4.52. The fraction of sp³-hybridized carbons (Fsp3) is 0.471. The standard InChI is InChI=1S/C17H19ClN2O4/c1-17(2,3)16-19-14(24-20-16)9-23-15(21)11-6-10-7-12(18)4-5-13(10)22-8-11/h4-5,7,11H,6,8-9H2,1-3H3. The summed E-state index contributed by atoms with van der Waals surface area (Å²) < 4.78 is 16.0. The fourth-order valence-electron chi connectivity index (χ4n) is 2.38. The Kier molecular flexibility index (Phi) is 4.49. The van der Waals surface area contributed by atoms with Gasteiger partial charge >= 0.3 is 5.97 Å². The molecule has 1 aliphatic rings. The number of carbonyl (C=O) groups is 1. The number of rotatable bonds is 3. The first-order valence-electron chi connectivity index (χ1n) is 7.74. The zero-order chi connectivity index (χ0) is 17.3. The lowest BCUT2D eigenvalue weighted by Crippen LogP contribution is -2.29. The van der Waals surface area contributed by atoms with Crippen LogP contribution in [0.3, 0.4) is 0 Å². The van der Waals surface area contributed by atoms with Crippen molar-refractivity contribution in [1.82, 2.24) is 10.1 Å². The highest BCUT2D eigenvalue weighted by molar-refractivity contribution is 6.30. The molecule has 1 atom stereocenters. The predicted molar refractivity (Wildman–Crippen MR) is 86.9 cm³/mol. The summed E-state index contributed by atoms with van der Waals surface area (Å²) in [7, 11) is 0. The van der Waals surface area contributed by atoms with Crippen LogP contribution in [0.25, 0.3) is 0 Å². The molecule has 1 aromatic heterocycles. The van der Waals surface area contributed by atoms with E-state index in [1.807, 2.05) is 32.9 Å². The fourth-order valence-corrected chi connectivity index (χ4v) is 2.58. The summed E-state index contributed by atoms with van der Waals surface area (Å²) in [6, 6.07) is 5.39. The van der Waals surface area contributed by atoms with Crippen molar-refractivity contribution in [2.24, 2.45) is 5.92 Å². The van der Waals surface area contributed by atoms with Gasteiger partial charge in [-0.15, -0.1) is 0 Å². The van der Waals surface area contributed by atoms with E-state index in [4.69, 9.17) is 25.6 Å². The lowest BCUT2D eigenvalue weighted by atomic mass is 9.96. The molecule has 3 rings (SSSR count). The zero-order valence-corrected chi connectivity index (χ0v) is 14.6. The lowest BCUT2D eigenvalue weighted by molar-refractivity contribution is -0.152. The maximum atomic E-state index is 12.2. The number of hydrogen-bond acceptors (Lipinski definition) is 6. The van der Waals surface area contributed by atoms with Gasteiger partial charge in [0, 0.05) is 10.4 Å². The monoisotopic (exact) mass is 350 g/mol. The molecule has 2 heterocycles. The molecular weight excluding hydrogens is 332 g/mol. The quantitative estimate of drug-likeness (QED) is 0.790. The molecular formula is C17H19ClN2O4. The molecule has 0 saturated heterocycles. The SMILES string of the molecule is CC(C)(C)c1noc(COC(=O)C2COc3ccc(Cl)cc3C2)n1. The topological polar surface area (TPSA) is 74.5 Å². The second-order valence-corrected chi connectivity index (χ2v) is 7.27. The second-order valence-electron chi connectivity index (χ2n) is 6.83. The number of nitrogens with zero attached hydrogens (tertiary/aromatic N) is 2. The largest absolute Gasteiger partial charge is 0.492 e. The van der Waals surface area contributed by atoms with Gasteiger partial charge in [-0.3, -0.25) is 4.79 Å². The van der Waals surface area contributed by atoms with Crippen LogP contribution in [0.5, 0.6) is 5.75 Å². The Morgan fingerprint density at radius 2 is 2.21 bits per heavy atom. The van der Waals surface area contributed by atoms with E-state index in [0.717, 1.165) is 11.3 Å². The Morgan fingerprint density at radius 1 is 1.42 bits per heavy atom. The molecule has 0 aliphatic carbocycles. The van der Waals surface area contributed by atoms with Gasteiger partial charge in [-0.2, -0.15) is 4.98 Å². The maximum absolute atomic E-state index is 12.2. The highest BCUT2D eigenvalue weighted by Crippen LogP contribution is 2.30. The third-order valence-corrected chi connectivity index (χ3v) is 3.97. The molecule has 0 amide bonds.